The Morgan fingerprint density at radius 1 is 1.19 bits per heavy atom. The molecule has 0 atom stereocenters. The lowest BCUT2D eigenvalue weighted by molar-refractivity contribution is 0.556. The van der Waals surface area contributed by atoms with E-state index in [4.69, 9.17) is 16.6 Å². The Bertz CT molecular complexity index is 1140. The highest BCUT2D eigenvalue weighted by atomic mass is 32.2. The molecule has 0 unspecified atom stereocenters. The average molecular weight is 395 g/mol. The fourth-order valence-electron chi connectivity index (χ4n) is 2.83. The van der Waals surface area contributed by atoms with E-state index in [9.17, 15) is 0 Å². The maximum atomic E-state index is 5.93. The van der Waals surface area contributed by atoms with Crippen LogP contribution in [-0.4, -0.2) is 21.1 Å². The van der Waals surface area contributed by atoms with Crippen LogP contribution in [0.5, 0.6) is 0 Å². The van der Waals surface area contributed by atoms with Gasteiger partial charge in [-0.05, 0) is 23.8 Å². The normalized spacial score (nSPS) is 11.6. The predicted octanol–water partition coefficient (Wildman–Crippen LogP) is 5.42. The third-order valence-electron chi connectivity index (χ3n) is 4.17. The minimum Gasteiger partial charge on any atom is -0.460 e. The van der Waals surface area contributed by atoms with Crippen LogP contribution in [0, 0.1) is 4.77 Å². The summed E-state index contributed by atoms with van der Waals surface area (Å²) in [6, 6.07) is 18.2. The van der Waals surface area contributed by atoms with Crippen molar-refractivity contribution in [3.63, 3.8) is 0 Å². The summed E-state index contributed by atoms with van der Waals surface area (Å²) in [5, 5.41) is 13.5. The molecule has 5 nitrogen and oxygen atoms in total. The first kappa shape index (κ1) is 17.8. The second-order valence-corrected chi connectivity index (χ2v) is 7.26. The van der Waals surface area contributed by atoms with Crippen LogP contribution < -0.4 is 0 Å². The van der Waals surface area contributed by atoms with E-state index in [0.29, 0.717) is 4.77 Å². The van der Waals surface area contributed by atoms with Gasteiger partial charge >= 0.3 is 0 Å². The van der Waals surface area contributed by atoms with Crippen LogP contribution in [0.2, 0.25) is 0 Å². The quantitative estimate of drug-likeness (QED) is 0.269. The van der Waals surface area contributed by atoms with Crippen LogP contribution in [0.15, 0.2) is 69.3 Å². The van der Waals surface area contributed by atoms with E-state index < -0.39 is 0 Å². The summed E-state index contributed by atoms with van der Waals surface area (Å²) in [5.74, 6) is 1.71. The highest BCUT2D eigenvalue weighted by Gasteiger charge is 2.11. The van der Waals surface area contributed by atoms with E-state index in [1.807, 2.05) is 48.7 Å². The summed E-state index contributed by atoms with van der Waals surface area (Å²) >= 11 is 6.94. The number of hydrogen-bond acceptors (Lipinski definition) is 5. The van der Waals surface area contributed by atoms with Crippen molar-refractivity contribution in [2.75, 3.05) is 0 Å². The first-order valence-electron chi connectivity index (χ1n) is 8.65. The molecular weight excluding hydrogens is 376 g/mol. The van der Waals surface area contributed by atoms with Gasteiger partial charge in [0.05, 0.1) is 6.21 Å². The van der Waals surface area contributed by atoms with Crippen molar-refractivity contribution in [3.8, 4) is 0 Å². The number of aromatic amines is 1. The fraction of sp³-hybridized carbons (Fsp3) is 0.150. The first-order chi connectivity index (χ1) is 13.3. The maximum absolute atomic E-state index is 5.93. The van der Waals surface area contributed by atoms with Gasteiger partial charge in [-0.2, -0.15) is 9.78 Å². The third-order valence-corrected chi connectivity index (χ3v) is 5.43. The van der Waals surface area contributed by atoms with Gasteiger partial charge < -0.3 is 4.42 Å². The molecule has 0 aliphatic heterocycles. The molecule has 4 aromatic rings. The molecule has 27 heavy (non-hydrogen) atoms. The standard InChI is InChI=1S/C20H18N4OS2/c1-2-17-16(15-10-6-7-11-18(15)25-17)12-21-24-19(26)22-23-20(24)27-13-14-8-4-3-5-9-14/h3-12H,2,13H2,1H3,(H,22,26)/b21-12-. The topological polar surface area (TPSA) is 59.1 Å². The number of rotatable bonds is 6. The molecule has 0 fully saturated rings. The number of benzene rings is 2. The van der Waals surface area contributed by atoms with Gasteiger partial charge in [-0.25, -0.2) is 5.10 Å². The highest BCUT2D eigenvalue weighted by Crippen LogP contribution is 2.25. The highest BCUT2D eigenvalue weighted by molar-refractivity contribution is 7.98. The van der Waals surface area contributed by atoms with Crippen molar-refractivity contribution in [3.05, 3.63) is 76.3 Å². The molecule has 0 saturated heterocycles. The second kappa shape index (κ2) is 7.94. The molecule has 0 radical (unpaired) electrons. The van der Waals surface area contributed by atoms with Crippen LogP contribution >= 0.6 is 24.0 Å². The number of hydrogen-bond donors (Lipinski definition) is 1. The number of fused-ring (bicyclic) bond motifs is 1. The molecular formula is C20H18N4OS2. The Balaban J connectivity index is 1.63. The number of H-pyrrole nitrogens is 1. The molecule has 0 aliphatic carbocycles. The van der Waals surface area contributed by atoms with Gasteiger partial charge in [-0.3, -0.25) is 0 Å². The van der Waals surface area contributed by atoms with Crippen molar-refractivity contribution in [2.24, 2.45) is 5.10 Å². The van der Waals surface area contributed by atoms with Gasteiger partial charge in [0.1, 0.15) is 11.3 Å². The third kappa shape index (κ3) is 3.74. The lowest BCUT2D eigenvalue weighted by atomic mass is 10.1. The first-order valence-corrected chi connectivity index (χ1v) is 10.0. The molecule has 0 aliphatic rings. The molecule has 2 aromatic carbocycles. The Morgan fingerprint density at radius 3 is 2.78 bits per heavy atom. The molecule has 136 valence electrons. The zero-order valence-corrected chi connectivity index (χ0v) is 16.4. The summed E-state index contributed by atoms with van der Waals surface area (Å²) in [6.07, 6.45) is 2.60. The van der Waals surface area contributed by atoms with Crippen molar-refractivity contribution in [1.29, 1.82) is 0 Å². The molecule has 0 saturated carbocycles. The van der Waals surface area contributed by atoms with Crippen LogP contribution in [-0.2, 0) is 12.2 Å². The molecule has 7 heteroatoms. The van der Waals surface area contributed by atoms with Gasteiger partial charge in [-0.1, -0.05) is 67.2 Å². The van der Waals surface area contributed by atoms with E-state index in [1.54, 1.807) is 16.4 Å². The average Bonchev–Trinajstić information content (AvgIpc) is 3.25. The summed E-state index contributed by atoms with van der Waals surface area (Å²) in [5.41, 5.74) is 3.07. The van der Waals surface area contributed by atoms with Crippen LogP contribution in [0.25, 0.3) is 11.0 Å². The SMILES string of the molecule is CCc1oc2ccccc2c1/C=N\n1c(SCc2ccccc2)n[nH]c1=S. The molecule has 2 aromatic heterocycles. The van der Waals surface area contributed by atoms with Gasteiger partial charge in [0.15, 0.2) is 0 Å². The van der Waals surface area contributed by atoms with E-state index in [0.717, 1.165) is 39.6 Å². The van der Waals surface area contributed by atoms with Crippen molar-refractivity contribution >= 4 is 41.2 Å². The molecule has 0 amide bonds. The van der Waals surface area contributed by atoms with Crippen LogP contribution in [0.3, 0.4) is 0 Å². The van der Waals surface area contributed by atoms with Crippen molar-refractivity contribution in [2.45, 2.75) is 24.3 Å². The number of furan rings is 1. The Hall–Kier alpha value is -2.64. The van der Waals surface area contributed by atoms with Gasteiger partial charge in [-0.15, -0.1) is 5.10 Å². The molecule has 0 spiro atoms. The largest absolute Gasteiger partial charge is 0.460 e. The van der Waals surface area contributed by atoms with Gasteiger partial charge in [0, 0.05) is 23.1 Å². The number of nitrogens with one attached hydrogen (secondary N) is 1. The summed E-state index contributed by atoms with van der Waals surface area (Å²) in [7, 11) is 0. The predicted molar refractivity (Wildman–Crippen MR) is 112 cm³/mol. The summed E-state index contributed by atoms with van der Waals surface area (Å²) in [6.45, 7) is 2.07. The van der Waals surface area contributed by atoms with Crippen LogP contribution in [0.1, 0.15) is 23.8 Å². The Kier molecular flexibility index (Phi) is 5.22. The molecule has 0 bridgehead atoms. The van der Waals surface area contributed by atoms with Crippen LogP contribution in [0.4, 0.5) is 0 Å². The van der Waals surface area contributed by atoms with E-state index in [2.05, 4.69) is 34.4 Å². The lowest BCUT2D eigenvalue weighted by Gasteiger charge is -2.01. The number of aromatic nitrogens is 3. The lowest BCUT2D eigenvalue weighted by Crippen LogP contribution is -1.95. The van der Waals surface area contributed by atoms with E-state index in [1.165, 1.54) is 5.56 Å². The summed E-state index contributed by atoms with van der Waals surface area (Å²) in [4.78, 5) is 0. The second-order valence-electron chi connectivity index (χ2n) is 5.93. The van der Waals surface area contributed by atoms with Gasteiger partial charge in [0.25, 0.3) is 0 Å². The van der Waals surface area contributed by atoms with E-state index >= 15 is 0 Å². The van der Waals surface area contributed by atoms with Crippen molar-refractivity contribution < 1.29 is 4.42 Å². The summed E-state index contributed by atoms with van der Waals surface area (Å²) < 4.78 is 8.05. The number of para-hydroxylation sites is 1. The minimum absolute atomic E-state index is 0.465. The van der Waals surface area contributed by atoms with Crippen molar-refractivity contribution in [1.82, 2.24) is 14.9 Å². The number of nitrogens with zero attached hydrogens (tertiary/aromatic N) is 3. The zero-order valence-electron chi connectivity index (χ0n) is 14.8. The zero-order chi connectivity index (χ0) is 18.6. The monoisotopic (exact) mass is 394 g/mol. The molecule has 2 heterocycles. The Morgan fingerprint density at radius 2 is 1.96 bits per heavy atom. The fourth-order valence-corrected chi connectivity index (χ4v) is 3.93. The number of thioether (sulfide) groups is 1. The van der Waals surface area contributed by atoms with Gasteiger partial charge in [0.2, 0.25) is 9.93 Å². The smallest absolute Gasteiger partial charge is 0.217 e. The molecule has 4 rings (SSSR count). The number of aryl methyl sites for hydroxylation is 1. The van der Waals surface area contributed by atoms with E-state index in [-0.39, 0.29) is 0 Å². The maximum Gasteiger partial charge on any atom is 0.217 e. The molecule has 1 N–H and O–H groups in total. The Labute approximate surface area is 166 Å². The minimum atomic E-state index is 0.465.